The van der Waals surface area contributed by atoms with E-state index in [4.69, 9.17) is 16.3 Å². The summed E-state index contributed by atoms with van der Waals surface area (Å²) in [7, 11) is -2.22. The van der Waals surface area contributed by atoms with Crippen molar-refractivity contribution in [2.75, 3.05) is 11.8 Å². The van der Waals surface area contributed by atoms with Gasteiger partial charge in [0.05, 0.1) is 22.7 Å². The first-order valence-electron chi connectivity index (χ1n) is 7.59. The number of fused-ring (bicyclic) bond motifs is 1. The molecule has 1 aliphatic rings. The first-order chi connectivity index (χ1) is 11.4. The zero-order valence-corrected chi connectivity index (χ0v) is 14.7. The number of ether oxygens (including phenoxy) is 1. The van der Waals surface area contributed by atoms with Gasteiger partial charge in [-0.2, -0.15) is 0 Å². The lowest BCUT2D eigenvalue weighted by atomic mass is 9.91. The molecule has 4 nitrogen and oxygen atoms in total. The highest BCUT2D eigenvalue weighted by Crippen LogP contribution is 2.35. The Kier molecular flexibility index (Phi) is 4.69. The smallest absolute Gasteiger partial charge is 0.262 e. The van der Waals surface area contributed by atoms with Crippen molar-refractivity contribution >= 4 is 27.3 Å². The molecular weight excluding hydrogens is 353 g/mol. The summed E-state index contributed by atoms with van der Waals surface area (Å²) in [6.07, 6.45) is 3.43. The molecule has 1 N–H and O–H groups in total. The number of sulfonamides is 1. The molecule has 0 aliphatic heterocycles. The molecule has 2 aromatic rings. The third-order valence-corrected chi connectivity index (χ3v) is 5.89. The zero-order chi connectivity index (χ0) is 17.3. The van der Waals surface area contributed by atoms with Crippen LogP contribution in [-0.4, -0.2) is 15.5 Å². The van der Waals surface area contributed by atoms with Gasteiger partial charge in [0.15, 0.2) is 0 Å². The van der Waals surface area contributed by atoms with Crippen molar-refractivity contribution in [2.45, 2.75) is 30.6 Å². The molecule has 0 heterocycles. The maximum absolute atomic E-state index is 13.2. The monoisotopic (exact) mass is 369 g/mol. The van der Waals surface area contributed by atoms with E-state index in [1.807, 2.05) is 0 Å². The van der Waals surface area contributed by atoms with Crippen LogP contribution in [0.1, 0.15) is 24.0 Å². The Labute approximate surface area is 145 Å². The highest BCUT2D eigenvalue weighted by Gasteiger charge is 2.25. The van der Waals surface area contributed by atoms with E-state index < -0.39 is 15.8 Å². The van der Waals surface area contributed by atoms with Crippen LogP contribution in [0.4, 0.5) is 10.1 Å². The average Bonchev–Trinajstić information content (AvgIpc) is 2.56. The van der Waals surface area contributed by atoms with Crippen molar-refractivity contribution in [1.29, 1.82) is 0 Å². The van der Waals surface area contributed by atoms with Crippen LogP contribution >= 0.6 is 11.6 Å². The van der Waals surface area contributed by atoms with Gasteiger partial charge in [-0.15, -0.1) is 0 Å². The summed E-state index contributed by atoms with van der Waals surface area (Å²) < 4.78 is 46.6. The minimum absolute atomic E-state index is 0.132. The lowest BCUT2D eigenvalue weighted by molar-refractivity contribution is 0.405. The van der Waals surface area contributed by atoms with Gasteiger partial charge in [-0.25, -0.2) is 12.8 Å². The van der Waals surface area contributed by atoms with E-state index in [9.17, 15) is 12.8 Å². The molecule has 1 aliphatic carbocycles. The van der Waals surface area contributed by atoms with Gasteiger partial charge in [-0.05, 0) is 67.1 Å². The van der Waals surface area contributed by atoms with Gasteiger partial charge in [0.25, 0.3) is 10.0 Å². The van der Waals surface area contributed by atoms with E-state index in [2.05, 4.69) is 4.72 Å². The summed E-state index contributed by atoms with van der Waals surface area (Å²) in [4.78, 5) is 0.235. The minimum Gasteiger partial charge on any atom is -0.496 e. The van der Waals surface area contributed by atoms with Crippen LogP contribution in [0.5, 0.6) is 5.75 Å². The molecule has 0 saturated heterocycles. The summed E-state index contributed by atoms with van der Waals surface area (Å²) in [6, 6.07) is 6.95. The largest absolute Gasteiger partial charge is 0.496 e. The SMILES string of the molecule is COc1ccc(S(=O)(=O)Nc2ccc(F)c(Cl)c2)c2c1CCCC2. The number of nitrogens with one attached hydrogen (secondary N) is 1. The highest BCUT2D eigenvalue weighted by molar-refractivity contribution is 7.92. The summed E-state index contributed by atoms with van der Waals surface area (Å²) in [5, 5.41) is -0.132. The van der Waals surface area contributed by atoms with Crippen LogP contribution in [0.25, 0.3) is 0 Å². The third kappa shape index (κ3) is 3.21. The first kappa shape index (κ1) is 17.0. The number of hydrogen-bond donors (Lipinski definition) is 1. The molecule has 0 unspecified atom stereocenters. The Morgan fingerprint density at radius 1 is 1.12 bits per heavy atom. The van der Waals surface area contributed by atoms with Crippen molar-refractivity contribution in [3.63, 3.8) is 0 Å². The average molecular weight is 370 g/mol. The first-order valence-corrected chi connectivity index (χ1v) is 9.45. The second-order valence-electron chi connectivity index (χ2n) is 5.66. The maximum Gasteiger partial charge on any atom is 0.262 e. The van der Waals surface area contributed by atoms with Crippen LogP contribution in [-0.2, 0) is 22.9 Å². The maximum atomic E-state index is 13.2. The van der Waals surface area contributed by atoms with Crippen LogP contribution in [0.2, 0.25) is 5.02 Å². The predicted octanol–water partition coefficient (Wildman–Crippen LogP) is 4.17. The summed E-state index contributed by atoms with van der Waals surface area (Å²) >= 11 is 5.72. The molecule has 7 heteroatoms. The number of anilines is 1. The van der Waals surface area contributed by atoms with Crippen molar-refractivity contribution in [1.82, 2.24) is 0 Å². The van der Waals surface area contributed by atoms with Gasteiger partial charge in [0, 0.05) is 0 Å². The van der Waals surface area contributed by atoms with Gasteiger partial charge in [-0.1, -0.05) is 11.6 Å². The predicted molar refractivity (Wildman–Crippen MR) is 91.9 cm³/mol. The second-order valence-corrected chi connectivity index (χ2v) is 7.72. The number of rotatable bonds is 4. The summed E-state index contributed by atoms with van der Waals surface area (Å²) in [6.45, 7) is 0. The number of benzene rings is 2. The lowest BCUT2D eigenvalue weighted by Gasteiger charge is -2.22. The molecule has 0 spiro atoms. The standard InChI is InChI=1S/C17H17ClFNO3S/c1-23-16-8-9-17(13-5-3-2-4-12(13)16)24(21,22)20-11-6-7-15(19)14(18)10-11/h6-10,20H,2-5H2,1H3. The molecule has 0 atom stereocenters. The van der Waals surface area contributed by atoms with E-state index in [-0.39, 0.29) is 15.6 Å². The Morgan fingerprint density at radius 2 is 1.83 bits per heavy atom. The van der Waals surface area contributed by atoms with Gasteiger partial charge in [-0.3, -0.25) is 4.72 Å². The van der Waals surface area contributed by atoms with E-state index in [0.717, 1.165) is 36.5 Å². The van der Waals surface area contributed by atoms with E-state index in [1.54, 1.807) is 19.2 Å². The lowest BCUT2D eigenvalue weighted by Crippen LogP contribution is -2.18. The Balaban J connectivity index is 2.02. The molecule has 24 heavy (non-hydrogen) atoms. The summed E-state index contributed by atoms with van der Waals surface area (Å²) in [5.41, 5.74) is 1.96. The van der Waals surface area contributed by atoms with Crippen molar-refractivity contribution in [3.05, 3.63) is 52.3 Å². The fraction of sp³-hybridized carbons (Fsp3) is 0.294. The molecule has 3 rings (SSSR count). The molecule has 0 saturated carbocycles. The third-order valence-electron chi connectivity index (χ3n) is 4.13. The zero-order valence-electron chi connectivity index (χ0n) is 13.1. The number of hydrogen-bond acceptors (Lipinski definition) is 3. The number of methoxy groups -OCH3 is 1. The molecular formula is C17H17ClFNO3S. The molecule has 0 fully saturated rings. The van der Waals surface area contributed by atoms with E-state index in [0.29, 0.717) is 12.2 Å². The van der Waals surface area contributed by atoms with Crippen molar-refractivity contribution < 1.29 is 17.5 Å². The molecule has 0 amide bonds. The highest BCUT2D eigenvalue weighted by atomic mass is 35.5. The Hall–Kier alpha value is -1.79. The van der Waals surface area contributed by atoms with Crippen LogP contribution in [0.3, 0.4) is 0 Å². The second kappa shape index (κ2) is 6.61. The molecule has 0 aromatic heterocycles. The van der Waals surface area contributed by atoms with E-state index >= 15 is 0 Å². The molecule has 0 bridgehead atoms. The topological polar surface area (TPSA) is 55.4 Å². The van der Waals surface area contributed by atoms with Crippen LogP contribution in [0.15, 0.2) is 35.2 Å². The van der Waals surface area contributed by atoms with Gasteiger partial charge in [0.2, 0.25) is 0 Å². The molecule has 128 valence electrons. The fourth-order valence-electron chi connectivity index (χ4n) is 3.01. The Morgan fingerprint density at radius 3 is 2.50 bits per heavy atom. The quantitative estimate of drug-likeness (QED) is 0.880. The minimum atomic E-state index is -3.80. The van der Waals surface area contributed by atoms with Crippen LogP contribution < -0.4 is 9.46 Å². The van der Waals surface area contributed by atoms with Gasteiger partial charge < -0.3 is 4.74 Å². The Bertz CT molecular complexity index is 884. The molecule has 0 radical (unpaired) electrons. The van der Waals surface area contributed by atoms with Gasteiger partial charge in [0.1, 0.15) is 11.6 Å². The van der Waals surface area contributed by atoms with Crippen LogP contribution in [0, 0.1) is 5.82 Å². The number of halogens is 2. The molecule has 2 aromatic carbocycles. The van der Waals surface area contributed by atoms with Crippen molar-refractivity contribution in [3.8, 4) is 5.75 Å². The fourth-order valence-corrected chi connectivity index (χ4v) is 4.54. The van der Waals surface area contributed by atoms with Crippen molar-refractivity contribution in [2.24, 2.45) is 0 Å². The normalized spacial score (nSPS) is 14.1. The van der Waals surface area contributed by atoms with E-state index in [1.165, 1.54) is 12.1 Å². The summed E-state index contributed by atoms with van der Waals surface area (Å²) in [5.74, 6) is 0.120. The van der Waals surface area contributed by atoms with Gasteiger partial charge >= 0.3 is 0 Å².